The highest BCUT2D eigenvalue weighted by Gasteiger charge is 2.35. The Morgan fingerprint density at radius 3 is 2.72 bits per heavy atom. The fourth-order valence-corrected chi connectivity index (χ4v) is 3.33. The summed E-state index contributed by atoms with van der Waals surface area (Å²) in [6, 6.07) is 4.48. The van der Waals surface area contributed by atoms with Crippen molar-refractivity contribution in [2.75, 3.05) is 36.0 Å². The average molecular weight is 403 g/mol. The summed E-state index contributed by atoms with van der Waals surface area (Å²) in [5.74, 6) is -0.605. The second kappa shape index (κ2) is 7.69. The topological polar surface area (TPSA) is 94.5 Å². The van der Waals surface area contributed by atoms with E-state index in [0.29, 0.717) is 24.5 Å². The number of nitrogens with zero attached hydrogens (tertiary/aromatic N) is 4. The van der Waals surface area contributed by atoms with Crippen LogP contribution < -0.4 is 15.1 Å². The van der Waals surface area contributed by atoms with Gasteiger partial charge in [-0.2, -0.15) is 5.10 Å². The van der Waals surface area contributed by atoms with Gasteiger partial charge in [-0.25, -0.2) is 14.2 Å². The van der Waals surface area contributed by atoms with Crippen LogP contribution >= 0.6 is 0 Å². The lowest BCUT2D eigenvalue weighted by Gasteiger charge is -2.29. The fourth-order valence-electron chi connectivity index (χ4n) is 3.33. The Morgan fingerprint density at radius 2 is 2.10 bits per heavy atom. The van der Waals surface area contributed by atoms with E-state index in [9.17, 15) is 18.8 Å². The molecule has 1 atom stereocenters. The Hall–Kier alpha value is -3.17. The molecule has 1 aromatic carbocycles. The van der Waals surface area contributed by atoms with Gasteiger partial charge >= 0.3 is 6.09 Å². The van der Waals surface area contributed by atoms with Gasteiger partial charge in [-0.3, -0.25) is 14.5 Å². The van der Waals surface area contributed by atoms with Crippen molar-refractivity contribution in [3.63, 3.8) is 0 Å². The summed E-state index contributed by atoms with van der Waals surface area (Å²) in [5, 5.41) is 8.19. The van der Waals surface area contributed by atoms with E-state index in [1.165, 1.54) is 29.2 Å². The monoisotopic (exact) mass is 403 g/mol. The van der Waals surface area contributed by atoms with Gasteiger partial charge in [0.15, 0.2) is 0 Å². The van der Waals surface area contributed by atoms with E-state index in [1.807, 2.05) is 0 Å². The van der Waals surface area contributed by atoms with Crippen molar-refractivity contribution < 1.29 is 23.5 Å². The van der Waals surface area contributed by atoms with Crippen LogP contribution in [0, 0.1) is 11.7 Å². The fraction of sp³-hybridized carbons (Fsp3) is 0.474. The van der Waals surface area contributed by atoms with Crippen LogP contribution in [0.15, 0.2) is 23.3 Å². The van der Waals surface area contributed by atoms with Gasteiger partial charge in [0.05, 0.1) is 31.0 Å². The number of benzene rings is 1. The lowest BCUT2D eigenvalue weighted by molar-refractivity contribution is -0.132. The SMILES string of the molecule is CC(=O)NCC1CN(c2ccc(N3C=NN(C(=O)C4CC4)CC3)c(F)c2)C(=O)O1. The van der Waals surface area contributed by atoms with E-state index in [2.05, 4.69) is 10.4 Å². The Labute approximate surface area is 167 Å². The van der Waals surface area contributed by atoms with Crippen molar-refractivity contribution in [1.82, 2.24) is 10.3 Å². The molecule has 0 radical (unpaired) electrons. The zero-order valence-corrected chi connectivity index (χ0v) is 16.0. The number of rotatable bonds is 5. The third-order valence-corrected chi connectivity index (χ3v) is 5.07. The van der Waals surface area contributed by atoms with Crippen molar-refractivity contribution >= 4 is 35.6 Å². The third kappa shape index (κ3) is 4.15. The highest BCUT2D eigenvalue weighted by atomic mass is 19.1. The van der Waals surface area contributed by atoms with Crippen molar-refractivity contribution in [2.24, 2.45) is 11.0 Å². The number of hydrazone groups is 1. The lowest BCUT2D eigenvalue weighted by Crippen LogP contribution is -2.41. The van der Waals surface area contributed by atoms with Crippen LogP contribution in [0.4, 0.5) is 20.6 Å². The van der Waals surface area contributed by atoms with Gasteiger partial charge in [0.2, 0.25) is 11.8 Å². The van der Waals surface area contributed by atoms with Crippen LogP contribution in [-0.4, -0.2) is 61.5 Å². The van der Waals surface area contributed by atoms with E-state index in [1.54, 1.807) is 17.0 Å². The number of hydrogen-bond donors (Lipinski definition) is 1. The molecule has 2 fully saturated rings. The van der Waals surface area contributed by atoms with E-state index >= 15 is 0 Å². The van der Waals surface area contributed by atoms with Crippen LogP contribution in [-0.2, 0) is 14.3 Å². The molecular weight excluding hydrogens is 381 g/mol. The second-order valence-electron chi connectivity index (χ2n) is 7.35. The molecule has 154 valence electrons. The molecule has 1 saturated carbocycles. The molecule has 10 heteroatoms. The first-order valence-electron chi connectivity index (χ1n) is 9.56. The largest absolute Gasteiger partial charge is 0.442 e. The number of cyclic esters (lactones) is 1. The molecule has 2 heterocycles. The summed E-state index contributed by atoms with van der Waals surface area (Å²) < 4.78 is 19.9. The minimum Gasteiger partial charge on any atom is -0.442 e. The Kier molecular flexibility index (Phi) is 5.08. The molecule has 0 spiro atoms. The van der Waals surface area contributed by atoms with Crippen molar-refractivity contribution in [2.45, 2.75) is 25.9 Å². The van der Waals surface area contributed by atoms with Gasteiger partial charge in [0.1, 0.15) is 18.3 Å². The minimum absolute atomic E-state index is 0.0260. The predicted octanol–water partition coefficient (Wildman–Crippen LogP) is 1.29. The van der Waals surface area contributed by atoms with Crippen LogP contribution in [0.3, 0.4) is 0 Å². The molecule has 3 aliphatic rings. The number of hydrogen-bond acceptors (Lipinski definition) is 6. The van der Waals surface area contributed by atoms with Crippen LogP contribution in [0.5, 0.6) is 0 Å². The molecule has 1 aliphatic carbocycles. The van der Waals surface area contributed by atoms with Gasteiger partial charge in [-0.1, -0.05) is 0 Å². The van der Waals surface area contributed by atoms with Crippen molar-refractivity contribution in [3.8, 4) is 0 Å². The smallest absolute Gasteiger partial charge is 0.414 e. The van der Waals surface area contributed by atoms with Gasteiger partial charge in [0, 0.05) is 19.4 Å². The average Bonchev–Trinajstić information content (AvgIpc) is 3.48. The summed E-state index contributed by atoms with van der Waals surface area (Å²) >= 11 is 0. The maximum Gasteiger partial charge on any atom is 0.414 e. The Morgan fingerprint density at radius 1 is 1.31 bits per heavy atom. The highest BCUT2D eigenvalue weighted by molar-refractivity contribution is 5.91. The van der Waals surface area contributed by atoms with E-state index in [0.717, 1.165) is 12.8 Å². The summed E-state index contributed by atoms with van der Waals surface area (Å²) in [4.78, 5) is 38.1. The Bertz CT molecular complexity index is 872. The molecule has 1 aromatic rings. The van der Waals surface area contributed by atoms with Crippen LogP contribution in [0.2, 0.25) is 0 Å². The zero-order chi connectivity index (χ0) is 20.5. The van der Waals surface area contributed by atoms with Gasteiger partial charge in [0.25, 0.3) is 0 Å². The maximum absolute atomic E-state index is 14.7. The highest BCUT2D eigenvalue weighted by Crippen LogP contribution is 2.32. The summed E-state index contributed by atoms with van der Waals surface area (Å²) in [6.07, 6.45) is 2.21. The first-order chi connectivity index (χ1) is 13.9. The van der Waals surface area contributed by atoms with Crippen molar-refractivity contribution in [1.29, 1.82) is 0 Å². The maximum atomic E-state index is 14.7. The number of carbonyl (C=O) groups excluding carboxylic acids is 3. The molecule has 29 heavy (non-hydrogen) atoms. The predicted molar refractivity (Wildman–Crippen MR) is 103 cm³/mol. The normalized spacial score (nSPS) is 21.4. The van der Waals surface area contributed by atoms with Gasteiger partial charge in [-0.05, 0) is 31.0 Å². The van der Waals surface area contributed by atoms with Gasteiger partial charge in [-0.15, -0.1) is 0 Å². The number of carbonyl (C=O) groups is 3. The van der Waals surface area contributed by atoms with E-state index in [-0.39, 0.29) is 30.8 Å². The number of amides is 3. The lowest BCUT2D eigenvalue weighted by atomic mass is 10.2. The van der Waals surface area contributed by atoms with E-state index in [4.69, 9.17) is 4.74 Å². The standard InChI is InChI=1S/C19H22FN5O4/c1-12(26)21-9-15-10-24(19(28)29-15)14-4-5-17(16(20)8-14)23-6-7-25(22-11-23)18(27)13-2-3-13/h4-5,8,11,13,15H,2-3,6-7,9-10H2,1H3,(H,21,26). The number of halogens is 1. The first kappa shape index (κ1) is 19.2. The quantitative estimate of drug-likeness (QED) is 0.800. The third-order valence-electron chi connectivity index (χ3n) is 5.07. The molecule has 1 N–H and O–H groups in total. The molecule has 1 saturated heterocycles. The molecule has 1 unspecified atom stereocenters. The van der Waals surface area contributed by atoms with Crippen LogP contribution in [0.1, 0.15) is 19.8 Å². The number of nitrogens with one attached hydrogen (secondary N) is 1. The molecule has 0 aromatic heterocycles. The molecule has 9 nitrogen and oxygen atoms in total. The van der Waals surface area contributed by atoms with E-state index < -0.39 is 18.0 Å². The summed E-state index contributed by atoms with van der Waals surface area (Å²) in [7, 11) is 0. The molecule has 3 amide bonds. The van der Waals surface area contributed by atoms with Gasteiger partial charge < -0.3 is 15.0 Å². The minimum atomic E-state index is -0.582. The van der Waals surface area contributed by atoms with Crippen LogP contribution in [0.25, 0.3) is 0 Å². The Balaban J connectivity index is 1.42. The zero-order valence-electron chi connectivity index (χ0n) is 16.0. The van der Waals surface area contributed by atoms with Crippen molar-refractivity contribution in [3.05, 3.63) is 24.0 Å². The molecular formula is C19H22FN5O4. The second-order valence-corrected chi connectivity index (χ2v) is 7.35. The summed E-state index contributed by atoms with van der Waals surface area (Å²) in [6.45, 7) is 2.65. The number of ether oxygens (including phenoxy) is 1. The molecule has 0 bridgehead atoms. The summed E-state index contributed by atoms with van der Waals surface area (Å²) in [5.41, 5.74) is 0.694. The first-order valence-corrected chi connectivity index (χ1v) is 9.56. The molecule has 4 rings (SSSR count). The number of anilines is 2. The molecule has 2 aliphatic heterocycles.